The molecule has 2 nitrogen and oxygen atoms in total. The predicted octanol–water partition coefficient (Wildman–Crippen LogP) is 2.65. The van der Waals surface area contributed by atoms with Gasteiger partial charge in [0.1, 0.15) is 0 Å². The van der Waals surface area contributed by atoms with Crippen molar-refractivity contribution in [3.05, 3.63) is 29.8 Å². The van der Waals surface area contributed by atoms with Crippen molar-refractivity contribution in [3.63, 3.8) is 0 Å². The Labute approximate surface area is 102 Å². The first-order valence-electron chi connectivity index (χ1n) is 5.64. The molecular weight excluding hydrogens is 220 g/mol. The van der Waals surface area contributed by atoms with E-state index in [4.69, 9.17) is 5.11 Å². The summed E-state index contributed by atoms with van der Waals surface area (Å²) < 4.78 is 0. The number of aliphatic hydroxyl groups is 2. The van der Waals surface area contributed by atoms with Gasteiger partial charge in [-0.3, -0.25) is 0 Å². The second kappa shape index (κ2) is 6.94. The van der Waals surface area contributed by atoms with Crippen molar-refractivity contribution >= 4 is 11.8 Å². The first-order valence-corrected chi connectivity index (χ1v) is 6.86. The molecule has 0 saturated carbocycles. The molecule has 0 spiro atoms. The zero-order chi connectivity index (χ0) is 12.0. The van der Waals surface area contributed by atoms with Crippen molar-refractivity contribution in [2.75, 3.05) is 12.9 Å². The van der Waals surface area contributed by atoms with Crippen molar-refractivity contribution in [1.82, 2.24) is 0 Å². The number of rotatable bonds is 6. The summed E-state index contributed by atoms with van der Waals surface area (Å²) in [6.07, 6.45) is 3.06. The van der Waals surface area contributed by atoms with Gasteiger partial charge in [0, 0.05) is 4.90 Å². The minimum absolute atomic E-state index is 0.153. The van der Waals surface area contributed by atoms with Crippen molar-refractivity contribution < 1.29 is 10.2 Å². The molecule has 0 saturated heterocycles. The molecule has 90 valence electrons. The number of aliphatic hydroxyl groups excluding tert-OH is 2. The van der Waals surface area contributed by atoms with Crippen LogP contribution in [0.2, 0.25) is 0 Å². The highest BCUT2D eigenvalue weighted by Gasteiger charge is 2.14. The van der Waals surface area contributed by atoms with Crippen LogP contribution >= 0.6 is 11.8 Å². The van der Waals surface area contributed by atoms with E-state index in [-0.39, 0.29) is 6.61 Å². The maximum Gasteiger partial charge on any atom is 0.0776 e. The Hall–Kier alpha value is -0.510. The van der Waals surface area contributed by atoms with Crippen LogP contribution in [0.3, 0.4) is 0 Å². The number of hydrogen-bond acceptors (Lipinski definition) is 3. The molecular formula is C13H20O2S. The molecule has 0 radical (unpaired) electrons. The van der Waals surface area contributed by atoms with Crippen LogP contribution in [0.15, 0.2) is 29.2 Å². The average molecular weight is 240 g/mol. The summed E-state index contributed by atoms with van der Waals surface area (Å²) in [5.41, 5.74) is 1.24. The van der Waals surface area contributed by atoms with E-state index in [2.05, 4.69) is 37.4 Å². The van der Waals surface area contributed by atoms with E-state index < -0.39 is 6.10 Å². The van der Waals surface area contributed by atoms with Gasteiger partial charge in [-0.2, -0.15) is 0 Å². The first kappa shape index (κ1) is 13.6. The van der Waals surface area contributed by atoms with Gasteiger partial charge < -0.3 is 10.2 Å². The molecule has 3 heteroatoms. The normalized spacial score (nSPS) is 14.8. The molecule has 0 aliphatic rings. The van der Waals surface area contributed by atoms with Crippen LogP contribution in [0.1, 0.15) is 31.2 Å². The van der Waals surface area contributed by atoms with Crippen LogP contribution in [-0.2, 0) is 0 Å². The molecule has 0 fully saturated rings. The Morgan fingerprint density at radius 1 is 1.25 bits per heavy atom. The zero-order valence-electron chi connectivity index (χ0n) is 9.89. The Kier molecular flexibility index (Phi) is 5.88. The summed E-state index contributed by atoms with van der Waals surface area (Å²) >= 11 is 1.73. The van der Waals surface area contributed by atoms with Gasteiger partial charge in [0.15, 0.2) is 0 Å². The Bertz CT molecular complexity index is 297. The van der Waals surface area contributed by atoms with Crippen LogP contribution in [-0.4, -0.2) is 29.2 Å². The van der Waals surface area contributed by atoms with Gasteiger partial charge in [-0.25, -0.2) is 0 Å². The Morgan fingerprint density at radius 3 is 2.31 bits per heavy atom. The fourth-order valence-corrected chi connectivity index (χ4v) is 2.23. The summed E-state index contributed by atoms with van der Waals surface area (Å²) in [6.45, 7) is 1.95. The van der Waals surface area contributed by atoms with E-state index >= 15 is 0 Å². The van der Waals surface area contributed by atoms with Crippen LogP contribution in [0, 0.1) is 0 Å². The minimum Gasteiger partial charge on any atom is -0.394 e. The second-order valence-electron chi connectivity index (χ2n) is 3.95. The third-order valence-corrected chi connectivity index (χ3v) is 3.59. The standard InChI is InChI=1S/C13H20O2S/c1-3-10(8-12(15)9-14)11-4-6-13(16-2)7-5-11/h4-7,10,12,14-15H,3,8-9H2,1-2H3. The Balaban J connectivity index is 2.70. The molecule has 0 heterocycles. The monoisotopic (exact) mass is 240 g/mol. The summed E-state index contributed by atoms with van der Waals surface area (Å²) in [7, 11) is 0. The third-order valence-electron chi connectivity index (χ3n) is 2.85. The van der Waals surface area contributed by atoms with E-state index in [1.54, 1.807) is 11.8 Å². The van der Waals surface area contributed by atoms with Gasteiger partial charge in [0.2, 0.25) is 0 Å². The lowest BCUT2D eigenvalue weighted by Crippen LogP contribution is -2.16. The van der Waals surface area contributed by atoms with Crippen LogP contribution in [0.25, 0.3) is 0 Å². The van der Waals surface area contributed by atoms with Gasteiger partial charge >= 0.3 is 0 Å². The van der Waals surface area contributed by atoms with Gasteiger partial charge in [0.25, 0.3) is 0 Å². The summed E-state index contributed by atoms with van der Waals surface area (Å²) in [5, 5.41) is 18.3. The van der Waals surface area contributed by atoms with Crippen molar-refractivity contribution in [2.24, 2.45) is 0 Å². The van der Waals surface area contributed by atoms with E-state index in [9.17, 15) is 5.11 Å². The van der Waals surface area contributed by atoms with Crippen LogP contribution in [0.5, 0.6) is 0 Å². The van der Waals surface area contributed by atoms with Gasteiger partial charge in [-0.15, -0.1) is 11.8 Å². The number of thioether (sulfide) groups is 1. The number of benzene rings is 1. The van der Waals surface area contributed by atoms with Crippen molar-refractivity contribution in [2.45, 2.75) is 36.7 Å². The van der Waals surface area contributed by atoms with Crippen molar-refractivity contribution in [3.8, 4) is 0 Å². The molecule has 16 heavy (non-hydrogen) atoms. The smallest absolute Gasteiger partial charge is 0.0776 e. The molecule has 0 amide bonds. The highest BCUT2D eigenvalue weighted by Crippen LogP contribution is 2.26. The molecule has 1 aromatic carbocycles. The SMILES string of the molecule is CCC(CC(O)CO)c1ccc(SC)cc1. The highest BCUT2D eigenvalue weighted by atomic mass is 32.2. The lowest BCUT2D eigenvalue weighted by Gasteiger charge is -2.18. The molecule has 1 aromatic rings. The first-order chi connectivity index (χ1) is 7.71. The van der Waals surface area contributed by atoms with E-state index in [1.165, 1.54) is 10.5 Å². The molecule has 2 atom stereocenters. The summed E-state index contributed by atoms with van der Waals surface area (Å²) in [5.74, 6) is 0.332. The molecule has 2 N–H and O–H groups in total. The molecule has 2 unspecified atom stereocenters. The fraction of sp³-hybridized carbons (Fsp3) is 0.538. The molecule has 1 rings (SSSR count). The molecule has 0 aromatic heterocycles. The quantitative estimate of drug-likeness (QED) is 0.751. The maximum atomic E-state index is 9.47. The molecule has 0 aliphatic carbocycles. The lowest BCUT2D eigenvalue weighted by molar-refractivity contribution is 0.0817. The zero-order valence-corrected chi connectivity index (χ0v) is 10.7. The fourth-order valence-electron chi connectivity index (χ4n) is 1.82. The van der Waals surface area contributed by atoms with Gasteiger partial charge in [-0.05, 0) is 42.7 Å². The van der Waals surface area contributed by atoms with Crippen LogP contribution in [0.4, 0.5) is 0 Å². The Morgan fingerprint density at radius 2 is 1.88 bits per heavy atom. The van der Waals surface area contributed by atoms with E-state index in [0.29, 0.717) is 12.3 Å². The summed E-state index contributed by atoms with van der Waals surface area (Å²) in [4.78, 5) is 1.25. The van der Waals surface area contributed by atoms with E-state index in [0.717, 1.165) is 6.42 Å². The summed E-state index contributed by atoms with van der Waals surface area (Å²) in [6, 6.07) is 8.44. The topological polar surface area (TPSA) is 40.5 Å². The van der Waals surface area contributed by atoms with E-state index in [1.807, 2.05) is 0 Å². The second-order valence-corrected chi connectivity index (χ2v) is 4.83. The van der Waals surface area contributed by atoms with Gasteiger partial charge in [0.05, 0.1) is 12.7 Å². The molecule has 0 aliphatic heterocycles. The lowest BCUT2D eigenvalue weighted by atomic mass is 9.91. The largest absolute Gasteiger partial charge is 0.394 e. The van der Waals surface area contributed by atoms with Gasteiger partial charge in [-0.1, -0.05) is 19.1 Å². The highest BCUT2D eigenvalue weighted by molar-refractivity contribution is 7.98. The number of hydrogen-bond donors (Lipinski definition) is 2. The predicted molar refractivity (Wildman–Crippen MR) is 69.0 cm³/mol. The van der Waals surface area contributed by atoms with Crippen molar-refractivity contribution in [1.29, 1.82) is 0 Å². The molecule has 0 bridgehead atoms. The minimum atomic E-state index is -0.606. The van der Waals surface area contributed by atoms with Crippen LogP contribution < -0.4 is 0 Å². The average Bonchev–Trinajstić information content (AvgIpc) is 2.35. The maximum absolute atomic E-state index is 9.47. The third kappa shape index (κ3) is 3.81.